The molecule has 0 atom stereocenters. The van der Waals surface area contributed by atoms with E-state index < -0.39 is 26.0 Å². The maximum atomic E-state index is 8.35. The van der Waals surface area contributed by atoms with Crippen LogP contribution in [0.2, 0.25) is 17.3 Å². The summed E-state index contributed by atoms with van der Waals surface area (Å²) < 4.78 is 34.2. The summed E-state index contributed by atoms with van der Waals surface area (Å²) >= 11 is -0.0437. The first kappa shape index (κ1) is 28.8. The molecule has 0 saturated heterocycles. The molecule has 5 heteroatoms. The second kappa shape index (κ2) is 14.6. The Hall–Kier alpha value is -3.41. The van der Waals surface area contributed by atoms with Gasteiger partial charge in [-0.05, 0) is 44.9 Å². The average molecular weight is 860 g/mol. The van der Waals surface area contributed by atoms with Crippen LogP contribution in [0.25, 0.3) is 53.8 Å². The van der Waals surface area contributed by atoms with E-state index >= 15 is 0 Å². The van der Waals surface area contributed by atoms with E-state index in [2.05, 4.69) is 94.0 Å². The Kier molecular flexibility index (Phi) is 9.12. The van der Waals surface area contributed by atoms with Gasteiger partial charge in [0.15, 0.2) is 0 Å². The summed E-state index contributed by atoms with van der Waals surface area (Å²) in [5.41, 5.74) is 7.27. The van der Waals surface area contributed by atoms with Crippen molar-refractivity contribution in [3.05, 3.63) is 139 Å². The Bertz CT molecular complexity index is 2160. The molecule has 0 N–H and O–H groups in total. The zero-order valence-corrected chi connectivity index (χ0v) is 31.9. The molecule has 0 fully saturated rings. The number of pyridine rings is 2. The molecule has 0 unspecified atom stereocenters. The van der Waals surface area contributed by atoms with Crippen LogP contribution in [-0.4, -0.2) is 23.2 Å². The van der Waals surface area contributed by atoms with E-state index in [1.807, 2.05) is 50.4 Å². The number of hydrogen-bond acceptors (Lipinski definition) is 3. The van der Waals surface area contributed by atoms with Crippen LogP contribution in [0.5, 0.6) is 0 Å². The van der Waals surface area contributed by atoms with Crippen LogP contribution in [-0.2, 0) is 20.1 Å². The maximum Gasteiger partial charge on any atom is 0 e. The zero-order chi connectivity index (χ0) is 35.0. The molecule has 233 valence electrons. The van der Waals surface area contributed by atoms with Gasteiger partial charge in [-0.2, -0.15) is 11.3 Å². The number of hydrogen-bond donors (Lipinski definition) is 0. The van der Waals surface area contributed by atoms with Crippen LogP contribution in [0.4, 0.5) is 0 Å². The summed E-state index contributed by atoms with van der Waals surface area (Å²) in [5, 5.41) is 2.49. The second-order valence-corrected chi connectivity index (χ2v) is 24.1. The molecule has 7 rings (SSSR count). The number of fused-ring (bicyclic) bond motifs is 3. The third-order valence-corrected chi connectivity index (χ3v) is 13.3. The van der Waals surface area contributed by atoms with Crippen LogP contribution in [0.3, 0.4) is 0 Å². The number of rotatable bonds is 5. The minimum absolute atomic E-state index is 0. The first-order valence-electron chi connectivity index (χ1n) is 17.1. The van der Waals surface area contributed by atoms with E-state index in [0.717, 1.165) is 28.1 Å². The molecule has 0 aliphatic rings. The van der Waals surface area contributed by atoms with Gasteiger partial charge in [0.1, 0.15) is 0 Å². The Morgan fingerprint density at radius 2 is 1.63 bits per heavy atom. The van der Waals surface area contributed by atoms with Gasteiger partial charge in [0.2, 0.25) is 0 Å². The van der Waals surface area contributed by atoms with Crippen molar-refractivity contribution in [1.82, 2.24) is 9.97 Å². The Morgan fingerprint density at radius 3 is 2.30 bits per heavy atom. The molecule has 0 amide bonds. The van der Waals surface area contributed by atoms with E-state index in [0.29, 0.717) is 5.56 Å². The first-order chi connectivity index (χ1) is 23.2. The van der Waals surface area contributed by atoms with Crippen LogP contribution in [0, 0.1) is 19.0 Å². The summed E-state index contributed by atoms with van der Waals surface area (Å²) in [6, 6.07) is 40.7. The first-order valence-corrected chi connectivity index (χ1v) is 23.2. The van der Waals surface area contributed by atoms with Crippen molar-refractivity contribution in [3.8, 4) is 33.6 Å². The number of thiophene rings is 1. The average Bonchev–Trinajstić information content (AvgIpc) is 3.46. The monoisotopic (exact) mass is 861 g/mol. The van der Waals surface area contributed by atoms with Crippen LogP contribution in [0.15, 0.2) is 116 Å². The van der Waals surface area contributed by atoms with E-state index in [-0.39, 0.29) is 20.1 Å². The maximum absolute atomic E-state index is 8.35. The van der Waals surface area contributed by atoms with Gasteiger partial charge in [0.05, 0.1) is 0 Å². The van der Waals surface area contributed by atoms with Crippen molar-refractivity contribution in [3.63, 3.8) is 0 Å². The molecular weight excluding hydrogens is 817 g/mol. The molecule has 3 aromatic heterocycles. The summed E-state index contributed by atoms with van der Waals surface area (Å²) in [7, 11) is 0. The largest absolute Gasteiger partial charge is 0 e. The van der Waals surface area contributed by atoms with E-state index in [1.54, 1.807) is 29.7 Å². The fraction of sp³-hybridized carbons (Fsp3) is 0.171. The van der Waals surface area contributed by atoms with Gasteiger partial charge < -0.3 is 4.98 Å². The van der Waals surface area contributed by atoms with E-state index in [4.69, 9.17) is 5.48 Å². The molecule has 7 aromatic rings. The topological polar surface area (TPSA) is 25.8 Å². The molecule has 1 radical (unpaired) electrons. The molecular formula is C41H38GeIrN2S-2. The number of aryl methyl sites for hydroxylation is 1. The predicted octanol–water partition coefficient (Wildman–Crippen LogP) is 11.1. The number of aromatic nitrogens is 2. The van der Waals surface area contributed by atoms with Crippen molar-refractivity contribution in [2.75, 3.05) is 0 Å². The van der Waals surface area contributed by atoms with Gasteiger partial charge in [-0.15, -0.1) is 23.8 Å². The number of nitrogens with zero attached hydrogens (tertiary/aromatic N) is 2. The Balaban J connectivity index is 0.000000204. The summed E-state index contributed by atoms with van der Waals surface area (Å²) in [6.07, 6.45) is 3.75. The quantitative estimate of drug-likeness (QED) is 0.127. The molecule has 2 nitrogen and oxygen atoms in total. The molecule has 0 bridgehead atoms. The van der Waals surface area contributed by atoms with Crippen LogP contribution >= 0.6 is 11.3 Å². The summed E-state index contributed by atoms with van der Waals surface area (Å²) in [4.78, 5) is 9.08. The SMILES string of the molecule is [2H]C(C)(C)c1ccnc(-c2[c-]ccc3c2sc2cc(-c4ccccc4)ccc23)c1.[2H]C([2H])([2H])c1c[c-]c(-c2cc[c]([Ge]([CH3])([CH3])[CH3])cn2)cc1.[Ir]. The molecule has 0 spiro atoms. The minimum Gasteiger partial charge on any atom is 0 e. The molecule has 0 saturated carbocycles. The van der Waals surface area contributed by atoms with Gasteiger partial charge in [0.25, 0.3) is 0 Å². The Labute approximate surface area is 299 Å². The molecule has 46 heavy (non-hydrogen) atoms. The fourth-order valence-electron chi connectivity index (χ4n) is 5.20. The van der Waals surface area contributed by atoms with Gasteiger partial charge in [-0.1, -0.05) is 73.3 Å². The van der Waals surface area contributed by atoms with Crippen molar-refractivity contribution in [2.45, 2.75) is 43.9 Å². The zero-order valence-electron chi connectivity index (χ0n) is 30.6. The minimum atomic E-state index is -2.08. The predicted molar refractivity (Wildman–Crippen MR) is 197 cm³/mol. The molecule has 0 aliphatic carbocycles. The molecule has 0 aliphatic heterocycles. The standard InChI is InChI=1S/C26H20NS.C15H18GeN.Ir/c1-17(2)19-13-14-27-24(15-19)23-10-6-9-22-21-12-11-20(16-25(21)28-26(22)23)18-7-4-3-5-8-18;1-12-5-7-13(8-6-12)15-10-9-14(11-17-15)16(2,3)4;/h3-9,11-17H,1-2H3;5-7,9-11H,1-4H3;/q2*-1;/i17D;1D3;. The Morgan fingerprint density at radius 1 is 0.804 bits per heavy atom. The van der Waals surface area contributed by atoms with Crippen molar-refractivity contribution in [1.29, 1.82) is 0 Å². The summed E-state index contributed by atoms with van der Waals surface area (Å²) in [6.45, 7) is 1.73. The smallest absolute Gasteiger partial charge is 0 e. The normalized spacial score (nSPS) is 13.1. The van der Waals surface area contributed by atoms with Crippen molar-refractivity contribution < 1.29 is 25.6 Å². The fourth-order valence-corrected chi connectivity index (χ4v) is 8.62. The van der Waals surface area contributed by atoms with Crippen molar-refractivity contribution in [2.24, 2.45) is 0 Å². The van der Waals surface area contributed by atoms with Crippen molar-refractivity contribution >= 4 is 49.2 Å². The molecule has 3 heterocycles. The van der Waals surface area contributed by atoms with E-state index in [1.165, 1.54) is 41.8 Å². The molecule has 4 aromatic carbocycles. The number of benzene rings is 4. The van der Waals surface area contributed by atoms with Gasteiger partial charge in [0, 0.05) is 32.4 Å². The van der Waals surface area contributed by atoms with Gasteiger partial charge >= 0.3 is 110 Å². The van der Waals surface area contributed by atoms with Crippen LogP contribution < -0.4 is 4.40 Å². The second-order valence-electron chi connectivity index (χ2n) is 12.4. The van der Waals surface area contributed by atoms with Gasteiger partial charge in [-0.25, -0.2) is 0 Å². The summed E-state index contributed by atoms with van der Waals surface area (Å²) in [5.74, 6) is 6.33. The third kappa shape index (κ3) is 7.58. The van der Waals surface area contributed by atoms with E-state index in [9.17, 15) is 0 Å². The van der Waals surface area contributed by atoms with Gasteiger partial charge in [-0.3, -0.25) is 0 Å². The third-order valence-electron chi connectivity index (χ3n) is 7.85. The van der Waals surface area contributed by atoms with Crippen LogP contribution in [0.1, 0.15) is 36.4 Å².